The zero-order valence-electron chi connectivity index (χ0n) is 8.28. The highest BCUT2D eigenvalue weighted by molar-refractivity contribution is 8.00. The lowest BCUT2D eigenvalue weighted by molar-refractivity contribution is -0.137. The molecular weight excluding hydrogens is 188 g/mol. The van der Waals surface area contributed by atoms with Gasteiger partial charge in [0.15, 0.2) is 0 Å². The van der Waals surface area contributed by atoms with E-state index in [2.05, 4.69) is 6.92 Å². The molecule has 0 heterocycles. The molecule has 0 bridgehead atoms. The summed E-state index contributed by atoms with van der Waals surface area (Å²) in [6.07, 6.45) is 3.43. The van der Waals surface area contributed by atoms with Gasteiger partial charge in [0.05, 0.1) is 6.61 Å². The highest BCUT2D eigenvalue weighted by Gasteiger charge is 2.16. The minimum atomic E-state index is -0.775. The first-order valence-corrected chi connectivity index (χ1v) is 5.60. The molecule has 0 aromatic rings. The van der Waals surface area contributed by atoms with Gasteiger partial charge in [-0.15, -0.1) is 11.8 Å². The van der Waals surface area contributed by atoms with E-state index in [4.69, 9.17) is 9.84 Å². The molecule has 0 spiro atoms. The van der Waals surface area contributed by atoms with Crippen molar-refractivity contribution in [1.29, 1.82) is 0 Å². The summed E-state index contributed by atoms with van der Waals surface area (Å²) in [7, 11) is 1.53. The first-order chi connectivity index (χ1) is 6.22. The summed E-state index contributed by atoms with van der Waals surface area (Å²) in [5.74, 6) is 0.136. The topological polar surface area (TPSA) is 46.5 Å². The molecule has 13 heavy (non-hydrogen) atoms. The molecule has 0 aliphatic rings. The van der Waals surface area contributed by atoms with Gasteiger partial charge in [0.1, 0.15) is 5.25 Å². The molecule has 1 atom stereocenters. The number of carboxylic acid groups (broad SMARTS) is 1. The predicted octanol–water partition coefficient (Wildman–Crippen LogP) is 2.01. The molecule has 0 saturated carbocycles. The summed E-state index contributed by atoms with van der Waals surface area (Å²) in [5, 5.41) is 8.36. The van der Waals surface area contributed by atoms with Crippen molar-refractivity contribution in [2.24, 2.45) is 0 Å². The Balaban J connectivity index is 3.51. The summed E-state index contributed by atoms with van der Waals surface area (Å²) in [5.41, 5.74) is 0. The number of carbonyl (C=O) groups is 1. The van der Waals surface area contributed by atoms with E-state index in [1.807, 2.05) is 0 Å². The molecule has 3 nitrogen and oxygen atoms in total. The van der Waals surface area contributed by atoms with Crippen LogP contribution in [0, 0.1) is 0 Å². The Morgan fingerprint density at radius 1 is 1.54 bits per heavy atom. The van der Waals surface area contributed by atoms with Crippen molar-refractivity contribution < 1.29 is 14.6 Å². The maximum atomic E-state index is 10.7. The molecule has 0 rings (SSSR count). The monoisotopic (exact) mass is 206 g/mol. The molecule has 1 N–H and O–H groups in total. The Hall–Kier alpha value is -0.220. The van der Waals surface area contributed by atoms with Gasteiger partial charge in [-0.2, -0.15) is 0 Å². The Labute approximate surface area is 83.9 Å². The van der Waals surface area contributed by atoms with Crippen molar-refractivity contribution in [3.8, 4) is 0 Å². The third-order valence-corrected chi connectivity index (χ3v) is 2.92. The van der Waals surface area contributed by atoms with Crippen LogP contribution in [-0.2, 0) is 9.53 Å². The van der Waals surface area contributed by atoms with Gasteiger partial charge >= 0.3 is 5.97 Å². The van der Waals surface area contributed by atoms with Crippen LogP contribution in [0.3, 0.4) is 0 Å². The zero-order chi connectivity index (χ0) is 10.1. The van der Waals surface area contributed by atoms with Crippen LogP contribution in [0.25, 0.3) is 0 Å². The van der Waals surface area contributed by atoms with E-state index in [9.17, 15) is 4.79 Å². The molecule has 78 valence electrons. The van der Waals surface area contributed by atoms with E-state index in [1.165, 1.54) is 31.7 Å². The summed E-state index contributed by atoms with van der Waals surface area (Å²) < 4.78 is 4.82. The molecule has 1 unspecified atom stereocenters. The number of carboxylic acids is 1. The van der Waals surface area contributed by atoms with E-state index in [1.54, 1.807) is 0 Å². The first-order valence-electron chi connectivity index (χ1n) is 4.55. The Morgan fingerprint density at radius 2 is 2.23 bits per heavy atom. The Morgan fingerprint density at radius 3 is 2.69 bits per heavy atom. The van der Waals surface area contributed by atoms with E-state index < -0.39 is 11.2 Å². The van der Waals surface area contributed by atoms with Crippen molar-refractivity contribution in [3.63, 3.8) is 0 Å². The number of aliphatic carboxylic acids is 1. The van der Waals surface area contributed by atoms with E-state index >= 15 is 0 Å². The molecule has 0 radical (unpaired) electrons. The second-order valence-electron chi connectivity index (χ2n) is 2.86. The fraction of sp³-hybridized carbons (Fsp3) is 0.889. The highest BCUT2D eigenvalue weighted by atomic mass is 32.2. The van der Waals surface area contributed by atoms with Crippen molar-refractivity contribution in [3.05, 3.63) is 0 Å². The second kappa shape index (κ2) is 8.38. The maximum absolute atomic E-state index is 10.7. The number of thioether (sulfide) groups is 1. The molecule has 0 aromatic carbocycles. The zero-order valence-corrected chi connectivity index (χ0v) is 9.10. The number of ether oxygens (including phenoxy) is 1. The minimum absolute atomic E-state index is 0.298. The van der Waals surface area contributed by atoms with Crippen LogP contribution in [0.5, 0.6) is 0 Å². The number of unbranched alkanes of at least 4 members (excludes halogenated alkanes) is 2. The van der Waals surface area contributed by atoms with Gasteiger partial charge in [0.25, 0.3) is 0 Å². The normalized spacial score (nSPS) is 12.8. The summed E-state index contributed by atoms with van der Waals surface area (Å²) >= 11 is 1.47. The third-order valence-electron chi connectivity index (χ3n) is 1.66. The molecule has 0 amide bonds. The van der Waals surface area contributed by atoms with Crippen LogP contribution >= 0.6 is 11.8 Å². The van der Waals surface area contributed by atoms with E-state index in [0.29, 0.717) is 6.61 Å². The lowest BCUT2D eigenvalue weighted by Gasteiger charge is -2.09. The van der Waals surface area contributed by atoms with Crippen molar-refractivity contribution >= 4 is 17.7 Å². The fourth-order valence-electron chi connectivity index (χ4n) is 0.920. The predicted molar refractivity (Wildman–Crippen MR) is 55.3 cm³/mol. The van der Waals surface area contributed by atoms with Gasteiger partial charge in [-0.3, -0.25) is 4.79 Å². The smallest absolute Gasteiger partial charge is 0.319 e. The molecule has 0 aliphatic heterocycles. The average molecular weight is 206 g/mol. The molecule has 0 saturated heterocycles. The van der Waals surface area contributed by atoms with Crippen LogP contribution < -0.4 is 0 Å². The van der Waals surface area contributed by atoms with E-state index in [0.717, 1.165) is 12.2 Å². The first kappa shape index (κ1) is 12.8. The molecule has 4 heteroatoms. The minimum Gasteiger partial charge on any atom is -0.480 e. The lowest BCUT2D eigenvalue weighted by Crippen LogP contribution is -2.22. The Kier molecular flexibility index (Phi) is 8.24. The number of rotatable bonds is 8. The standard InChI is InChI=1S/C9H18O3S/c1-3-4-5-6-13-8(7-12-2)9(10)11/h8H,3-7H2,1-2H3,(H,10,11). The highest BCUT2D eigenvalue weighted by Crippen LogP contribution is 2.14. The van der Waals surface area contributed by atoms with Crippen LogP contribution in [-0.4, -0.2) is 35.8 Å². The van der Waals surface area contributed by atoms with Crippen LogP contribution in [0.1, 0.15) is 26.2 Å². The molecule has 0 fully saturated rings. The molecule has 0 aliphatic carbocycles. The van der Waals surface area contributed by atoms with Gasteiger partial charge in [-0.25, -0.2) is 0 Å². The second-order valence-corrected chi connectivity index (χ2v) is 4.17. The largest absolute Gasteiger partial charge is 0.480 e. The van der Waals surface area contributed by atoms with Crippen LogP contribution in [0.4, 0.5) is 0 Å². The summed E-state index contributed by atoms with van der Waals surface area (Å²) in [4.78, 5) is 10.7. The summed E-state index contributed by atoms with van der Waals surface area (Å²) in [6, 6.07) is 0. The molecular formula is C9H18O3S. The number of hydrogen-bond acceptors (Lipinski definition) is 3. The quantitative estimate of drug-likeness (QED) is 0.617. The SMILES string of the molecule is CCCCCSC(COC)C(=O)O. The van der Waals surface area contributed by atoms with Crippen LogP contribution in [0.15, 0.2) is 0 Å². The summed E-state index contributed by atoms with van der Waals surface area (Å²) in [6.45, 7) is 2.43. The van der Waals surface area contributed by atoms with Gasteiger partial charge in [-0.05, 0) is 12.2 Å². The maximum Gasteiger partial charge on any atom is 0.319 e. The lowest BCUT2D eigenvalue weighted by atomic mass is 10.3. The number of hydrogen-bond donors (Lipinski definition) is 1. The van der Waals surface area contributed by atoms with Gasteiger partial charge in [-0.1, -0.05) is 19.8 Å². The fourth-order valence-corrected chi connectivity index (χ4v) is 1.95. The van der Waals surface area contributed by atoms with Crippen molar-refractivity contribution in [1.82, 2.24) is 0 Å². The van der Waals surface area contributed by atoms with E-state index in [-0.39, 0.29) is 0 Å². The Bertz CT molecular complexity index is 139. The van der Waals surface area contributed by atoms with Crippen molar-refractivity contribution in [2.75, 3.05) is 19.5 Å². The number of methoxy groups -OCH3 is 1. The molecule has 0 aromatic heterocycles. The van der Waals surface area contributed by atoms with Crippen molar-refractivity contribution in [2.45, 2.75) is 31.4 Å². The van der Waals surface area contributed by atoms with Gasteiger partial charge in [0, 0.05) is 7.11 Å². The third kappa shape index (κ3) is 6.90. The van der Waals surface area contributed by atoms with Gasteiger partial charge < -0.3 is 9.84 Å². The average Bonchev–Trinajstić information content (AvgIpc) is 2.10. The van der Waals surface area contributed by atoms with Gasteiger partial charge in [0.2, 0.25) is 0 Å². The van der Waals surface area contributed by atoms with Crippen LogP contribution in [0.2, 0.25) is 0 Å².